The van der Waals surface area contributed by atoms with Crippen LogP contribution >= 0.6 is 0 Å². The predicted molar refractivity (Wildman–Crippen MR) is 70.9 cm³/mol. The van der Waals surface area contributed by atoms with Crippen LogP contribution in [0.25, 0.3) is 0 Å². The molecule has 0 aromatic carbocycles. The summed E-state index contributed by atoms with van der Waals surface area (Å²) in [5.74, 6) is 8.28. The molecule has 2 heteroatoms. The molecular formula is C14H30N2. The minimum absolute atomic E-state index is 0.542. The van der Waals surface area contributed by atoms with Gasteiger partial charge in [-0.15, -0.1) is 0 Å². The number of rotatable bonds is 6. The van der Waals surface area contributed by atoms with Crippen LogP contribution in [0.4, 0.5) is 0 Å². The summed E-state index contributed by atoms with van der Waals surface area (Å²) in [5.41, 5.74) is 3.10. The van der Waals surface area contributed by atoms with Gasteiger partial charge in [-0.3, -0.25) is 11.3 Å². The third-order valence-corrected chi connectivity index (χ3v) is 4.58. The van der Waals surface area contributed by atoms with Crippen molar-refractivity contribution in [3.8, 4) is 0 Å². The summed E-state index contributed by atoms with van der Waals surface area (Å²) in [4.78, 5) is 0. The minimum Gasteiger partial charge on any atom is -0.271 e. The Morgan fingerprint density at radius 2 is 1.94 bits per heavy atom. The van der Waals surface area contributed by atoms with Crippen LogP contribution in [-0.4, -0.2) is 6.04 Å². The first-order valence-corrected chi connectivity index (χ1v) is 7.19. The van der Waals surface area contributed by atoms with E-state index in [1.807, 2.05) is 0 Å². The largest absolute Gasteiger partial charge is 0.271 e. The van der Waals surface area contributed by atoms with E-state index >= 15 is 0 Å². The molecule has 1 saturated carbocycles. The van der Waals surface area contributed by atoms with Gasteiger partial charge in [-0.1, -0.05) is 52.9 Å². The van der Waals surface area contributed by atoms with Gasteiger partial charge < -0.3 is 0 Å². The van der Waals surface area contributed by atoms with Gasteiger partial charge in [0, 0.05) is 6.04 Å². The van der Waals surface area contributed by atoms with Crippen LogP contribution in [0.15, 0.2) is 0 Å². The summed E-state index contributed by atoms with van der Waals surface area (Å²) >= 11 is 0. The molecule has 16 heavy (non-hydrogen) atoms. The lowest BCUT2D eigenvalue weighted by Gasteiger charge is -2.37. The zero-order valence-electron chi connectivity index (χ0n) is 11.3. The molecule has 0 aromatic heterocycles. The van der Waals surface area contributed by atoms with Gasteiger partial charge in [0.25, 0.3) is 0 Å². The van der Waals surface area contributed by atoms with Gasteiger partial charge in [0.2, 0.25) is 0 Å². The van der Waals surface area contributed by atoms with Crippen LogP contribution in [0.2, 0.25) is 0 Å². The summed E-state index contributed by atoms with van der Waals surface area (Å²) in [6, 6.07) is 0.542. The highest BCUT2D eigenvalue weighted by Crippen LogP contribution is 2.36. The van der Waals surface area contributed by atoms with E-state index in [9.17, 15) is 0 Å². The van der Waals surface area contributed by atoms with Crippen molar-refractivity contribution in [2.24, 2.45) is 23.6 Å². The summed E-state index contributed by atoms with van der Waals surface area (Å²) in [6.45, 7) is 6.95. The molecule has 0 amide bonds. The van der Waals surface area contributed by atoms with Gasteiger partial charge in [0.1, 0.15) is 0 Å². The molecule has 0 bridgehead atoms. The summed E-state index contributed by atoms with van der Waals surface area (Å²) < 4.78 is 0. The monoisotopic (exact) mass is 226 g/mol. The van der Waals surface area contributed by atoms with Crippen molar-refractivity contribution in [2.75, 3.05) is 0 Å². The number of hydrogen-bond donors (Lipinski definition) is 2. The molecular weight excluding hydrogens is 196 g/mol. The van der Waals surface area contributed by atoms with Gasteiger partial charge in [-0.2, -0.15) is 0 Å². The zero-order valence-corrected chi connectivity index (χ0v) is 11.3. The first kappa shape index (κ1) is 14.0. The Labute approximate surface area is 101 Å². The molecule has 0 aromatic rings. The van der Waals surface area contributed by atoms with Crippen LogP contribution in [0, 0.1) is 17.8 Å². The van der Waals surface area contributed by atoms with Crippen LogP contribution in [0.1, 0.15) is 65.7 Å². The minimum atomic E-state index is 0.542. The molecule has 96 valence electrons. The number of hydrogen-bond acceptors (Lipinski definition) is 2. The molecule has 1 rings (SSSR count). The SMILES string of the molecule is CCC(C)CC(NN)C1CCCCC1CC. The molecule has 0 saturated heterocycles. The van der Waals surface area contributed by atoms with Gasteiger partial charge >= 0.3 is 0 Å². The molecule has 4 unspecified atom stereocenters. The van der Waals surface area contributed by atoms with E-state index in [-0.39, 0.29) is 0 Å². The molecule has 1 fully saturated rings. The fourth-order valence-corrected chi connectivity index (χ4v) is 3.24. The van der Waals surface area contributed by atoms with Crippen LogP contribution in [-0.2, 0) is 0 Å². The summed E-state index contributed by atoms with van der Waals surface area (Å²) in [7, 11) is 0. The first-order valence-electron chi connectivity index (χ1n) is 7.19. The normalized spacial score (nSPS) is 30.0. The molecule has 0 radical (unpaired) electrons. The van der Waals surface area contributed by atoms with Crippen molar-refractivity contribution in [1.29, 1.82) is 0 Å². The molecule has 0 spiro atoms. The molecule has 3 N–H and O–H groups in total. The highest BCUT2D eigenvalue weighted by molar-refractivity contribution is 4.84. The number of nitrogens with one attached hydrogen (secondary N) is 1. The second-order valence-electron chi connectivity index (χ2n) is 5.64. The van der Waals surface area contributed by atoms with Crippen molar-refractivity contribution >= 4 is 0 Å². The summed E-state index contributed by atoms with van der Waals surface area (Å²) in [6.07, 6.45) is 9.46. The lowest BCUT2D eigenvalue weighted by molar-refractivity contribution is 0.158. The highest BCUT2D eigenvalue weighted by Gasteiger charge is 2.30. The smallest absolute Gasteiger partial charge is 0.0243 e. The number of nitrogens with two attached hydrogens (primary N) is 1. The molecule has 0 aliphatic heterocycles. The third-order valence-electron chi connectivity index (χ3n) is 4.58. The Hall–Kier alpha value is -0.0800. The molecule has 0 heterocycles. The molecule has 2 nitrogen and oxygen atoms in total. The Kier molecular flexibility index (Phi) is 6.37. The second-order valence-corrected chi connectivity index (χ2v) is 5.64. The average molecular weight is 226 g/mol. The lowest BCUT2D eigenvalue weighted by Crippen LogP contribution is -2.45. The van der Waals surface area contributed by atoms with E-state index < -0.39 is 0 Å². The Balaban J connectivity index is 2.54. The quantitative estimate of drug-likeness (QED) is 0.537. The topological polar surface area (TPSA) is 38.0 Å². The van der Waals surface area contributed by atoms with Crippen LogP contribution in [0.5, 0.6) is 0 Å². The third kappa shape index (κ3) is 3.74. The van der Waals surface area contributed by atoms with E-state index in [0.717, 1.165) is 17.8 Å². The van der Waals surface area contributed by atoms with E-state index in [0.29, 0.717) is 6.04 Å². The first-order chi connectivity index (χ1) is 7.72. The van der Waals surface area contributed by atoms with Crippen molar-refractivity contribution in [3.05, 3.63) is 0 Å². The van der Waals surface area contributed by atoms with E-state index in [4.69, 9.17) is 5.84 Å². The maximum Gasteiger partial charge on any atom is 0.0243 e. The van der Waals surface area contributed by atoms with E-state index in [1.54, 1.807) is 0 Å². The van der Waals surface area contributed by atoms with E-state index in [1.165, 1.54) is 44.9 Å². The van der Waals surface area contributed by atoms with E-state index in [2.05, 4.69) is 26.2 Å². The Bertz CT molecular complexity index is 182. The molecule has 1 aliphatic rings. The van der Waals surface area contributed by atoms with Crippen LogP contribution < -0.4 is 11.3 Å². The lowest BCUT2D eigenvalue weighted by atomic mass is 9.72. The predicted octanol–water partition coefficient (Wildman–Crippen LogP) is 3.47. The highest BCUT2D eigenvalue weighted by atomic mass is 15.2. The summed E-state index contributed by atoms with van der Waals surface area (Å²) in [5, 5.41) is 0. The van der Waals surface area contributed by atoms with Crippen molar-refractivity contribution in [1.82, 2.24) is 5.43 Å². The molecule has 4 atom stereocenters. The standard InChI is InChI=1S/C14H30N2/c1-4-11(3)10-14(16-15)13-9-7-6-8-12(13)5-2/h11-14,16H,4-10,15H2,1-3H3. The Morgan fingerprint density at radius 3 is 2.50 bits per heavy atom. The van der Waals surface area contributed by atoms with Gasteiger partial charge in [-0.05, 0) is 30.6 Å². The fraction of sp³-hybridized carbons (Fsp3) is 1.00. The second kappa shape index (κ2) is 7.29. The van der Waals surface area contributed by atoms with Crippen LogP contribution in [0.3, 0.4) is 0 Å². The number of hydrazine groups is 1. The van der Waals surface area contributed by atoms with Crippen molar-refractivity contribution in [3.63, 3.8) is 0 Å². The zero-order chi connectivity index (χ0) is 12.0. The van der Waals surface area contributed by atoms with Crippen molar-refractivity contribution < 1.29 is 0 Å². The van der Waals surface area contributed by atoms with Gasteiger partial charge in [0.15, 0.2) is 0 Å². The van der Waals surface area contributed by atoms with Crippen molar-refractivity contribution in [2.45, 2.75) is 71.8 Å². The maximum absolute atomic E-state index is 5.77. The average Bonchev–Trinajstić information content (AvgIpc) is 2.35. The molecule has 1 aliphatic carbocycles. The maximum atomic E-state index is 5.77. The van der Waals surface area contributed by atoms with Gasteiger partial charge in [0.05, 0.1) is 0 Å². The van der Waals surface area contributed by atoms with Gasteiger partial charge in [-0.25, -0.2) is 0 Å². The Morgan fingerprint density at radius 1 is 1.25 bits per heavy atom. The fourth-order valence-electron chi connectivity index (χ4n) is 3.24.